The fourth-order valence-corrected chi connectivity index (χ4v) is 2.44. The van der Waals surface area contributed by atoms with Crippen LogP contribution in [0, 0.1) is 0 Å². The predicted octanol–water partition coefficient (Wildman–Crippen LogP) is 3.40. The Morgan fingerprint density at radius 3 is 2.80 bits per heavy atom. The number of rotatable bonds is 5. The number of methoxy groups -OCH3 is 1. The van der Waals surface area contributed by atoms with Crippen molar-refractivity contribution in [2.24, 2.45) is 0 Å². The molecule has 0 saturated carbocycles. The van der Waals surface area contributed by atoms with Gasteiger partial charge in [-0.2, -0.15) is 0 Å². The molecular weight excluding hydrogens is 342 g/mol. The molecule has 0 bridgehead atoms. The van der Waals surface area contributed by atoms with Crippen molar-refractivity contribution in [1.82, 2.24) is 15.3 Å². The number of halogens is 2. The molecule has 6 heteroatoms. The van der Waals surface area contributed by atoms with Gasteiger partial charge in [-0.3, -0.25) is 0 Å². The van der Waals surface area contributed by atoms with Gasteiger partial charge in [-0.1, -0.05) is 17.7 Å². The van der Waals surface area contributed by atoms with E-state index in [2.05, 4.69) is 31.2 Å². The Balaban J connectivity index is 2.21. The van der Waals surface area contributed by atoms with Crippen LogP contribution in [0.25, 0.3) is 0 Å². The summed E-state index contributed by atoms with van der Waals surface area (Å²) in [6, 6.07) is 7.89. The van der Waals surface area contributed by atoms with Gasteiger partial charge in [0.15, 0.2) is 0 Å². The number of likely N-dealkylation sites (N-methyl/N-ethyl adjacent to an activating group) is 1. The first kappa shape index (κ1) is 15.2. The Labute approximate surface area is 131 Å². The maximum atomic E-state index is 6.02. The highest BCUT2D eigenvalue weighted by atomic mass is 79.9. The lowest BCUT2D eigenvalue weighted by Gasteiger charge is -2.17. The van der Waals surface area contributed by atoms with E-state index in [0.29, 0.717) is 10.9 Å². The smallest absolute Gasteiger partial charge is 0.216 e. The maximum absolute atomic E-state index is 6.02. The lowest BCUT2D eigenvalue weighted by Crippen LogP contribution is -2.19. The van der Waals surface area contributed by atoms with E-state index in [0.717, 1.165) is 22.2 Å². The second-order valence-corrected chi connectivity index (χ2v) is 5.53. The summed E-state index contributed by atoms with van der Waals surface area (Å²) in [5.41, 5.74) is 2.06. The molecule has 0 aliphatic rings. The maximum Gasteiger partial charge on any atom is 0.216 e. The minimum absolute atomic E-state index is 0.142. The zero-order valence-electron chi connectivity index (χ0n) is 11.2. The summed E-state index contributed by atoms with van der Waals surface area (Å²) >= 11 is 9.47. The minimum Gasteiger partial charge on any atom is -0.481 e. The van der Waals surface area contributed by atoms with Crippen molar-refractivity contribution in [2.75, 3.05) is 14.2 Å². The molecule has 0 fully saturated rings. The van der Waals surface area contributed by atoms with Crippen LogP contribution in [-0.4, -0.2) is 24.1 Å². The van der Waals surface area contributed by atoms with Crippen molar-refractivity contribution in [2.45, 2.75) is 12.5 Å². The summed E-state index contributed by atoms with van der Waals surface area (Å²) in [4.78, 5) is 8.28. The molecule has 0 aliphatic carbocycles. The van der Waals surface area contributed by atoms with E-state index in [1.807, 2.05) is 31.3 Å². The lowest BCUT2D eigenvalue weighted by atomic mass is 10.0. The van der Waals surface area contributed by atoms with Gasteiger partial charge in [0.1, 0.15) is 6.33 Å². The average molecular weight is 357 g/mol. The van der Waals surface area contributed by atoms with Crippen LogP contribution in [-0.2, 0) is 6.42 Å². The molecule has 1 heterocycles. The highest BCUT2D eigenvalue weighted by molar-refractivity contribution is 9.10. The highest BCUT2D eigenvalue weighted by Gasteiger charge is 2.13. The minimum atomic E-state index is 0.142. The van der Waals surface area contributed by atoms with E-state index >= 15 is 0 Å². The molecule has 4 nitrogen and oxygen atoms in total. The van der Waals surface area contributed by atoms with Crippen molar-refractivity contribution in [3.05, 3.63) is 51.3 Å². The van der Waals surface area contributed by atoms with Gasteiger partial charge in [-0.15, -0.1) is 0 Å². The van der Waals surface area contributed by atoms with Gasteiger partial charge >= 0.3 is 0 Å². The molecule has 1 atom stereocenters. The van der Waals surface area contributed by atoms with Gasteiger partial charge in [-0.05, 0) is 40.7 Å². The van der Waals surface area contributed by atoms with Crippen LogP contribution < -0.4 is 10.1 Å². The number of hydrogen-bond acceptors (Lipinski definition) is 4. The van der Waals surface area contributed by atoms with Gasteiger partial charge in [0.25, 0.3) is 0 Å². The van der Waals surface area contributed by atoms with E-state index in [-0.39, 0.29) is 6.04 Å². The highest BCUT2D eigenvalue weighted by Crippen LogP contribution is 2.27. The molecule has 0 spiro atoms. The fraction of sp³-hybridized carbons (Fsp3) is 0.286. The number of nitrogens with one attached hydrogen (secondary N) is 1. The van der Waals surface area contributed by atoms with Gasteiger partial charge in [0.05, 0.1) is 12.1 Å². The summed E-state index contributed by atoms with van der Waals surface area (Å²) in [7, 11) is 3.52. The number of benzene rings is 1. The van der Waals surface area contributed by atoms with Crippen molar-refractivity contribution in [3.8, 4) is 5.88 Å². The van der Waals surface area contributed by atoms with Crippen molar-refractivity contribution >= 4 is 27.5 Å². The first-order chi connectivity index (χ1) is 9.63. The van der Waals surface area contributed by atoms with Gasteiger partial charge in [0, 0.05) is 28.7 Å². The number of hydrogen-bond donors (Lipinski definition) is 1. The van der Waals surface area contributed by atoms with E-state index in [4.69, 9.17) is 16.3 Å². The van der Waals surface area contributed by atoms with Crippen LogP contribution in [0.5, 0.6) is 5.88 Å². The zero-order valence-corrected chi connectivity index (χ0v) is 13.6. The molecule has 2 rings (SSSR count). The topological polar surface area (TPSA) is 47.0 Å². The SMILES string of the molecule is CNC(Cc1cc(OC)ncn1)c1ccc(Cl)c(Br)c1. The largest absolute Gasteiger partial charge is 0.481 e. The second-order valence-electron chi connectivity index (χ2n) is 4.27. The Bertz CT molecular complexity index is 594. The van der Waals surface area contributed by atoms with E-state index in [1.165, 1.54) is 6.33 Å². The molecule has 2 aromatic rings. The molecule has 0 radical (unpaired) electrons. The Morgan fingerprint density at radius 1 is 1.35 bits per heavy atom. The molecule has 1 aromatic heterocycles. The monoisotopic (exact) mass is 355 g/mol. The van der Waals surface area contributed by atoms with Crippen LogP contribution in [0.4, 0.5) is 0 Å². The second kappa shape index (κ2) is 7.02. The van der Waals surface area contributed by atoms with Crippen molar-refractivity contribution in [1.29, 1.82) is 0 Å². The van der Waals surface area contributed by atoms with Gasteiger partial charge < -0.3 is 10.1 Å². The number of nitrogens with zero attached hydrogens (tertiary/aromatic N) is 2. The van der Waals surface area contributed by atoms with Crippen LogP contribution >= 0.6 is 27.5 Å². The summed E-state index contributed by atoms with van der Waals surface area (Å²) < 4.78 is 6.00. The zero-order chi connectivity index (χ0) is 14.5. The Kier molecular flexibility index (Phi) is 5.34. The number of ether oxygens (including phenoxy) is 1. The molecule has 0 amide bonds. The Morgan fingerprint density at radius 2 is 2.15 bits per heavy atom. The molecule has 20 heavy (non-hydrogen) atoms. The fourth-order valence-electron chi connectivity index (χ4n) is 1.93. The van der Waals surface area contributed by atoms with E-state index in [9.17, 15) is 0 Å². The molecule has 106 valence electrons. The third kappa shape index (κ3) is 3.69. The molecule has 1 unspecified atom stereocenters. The summed E-state index contributed by atoms with van der Waals surface area (Å²) in [6.45, 7) is 0. The molecular formula is C14H15BrClN3O. The molecule has 0 saturated heterocycles. The molecule has 0 aliphatic heterocycles. The first-order valence-electron chi connectivity index (χ1n) is 6.11. The predicted molar refractivity (Wildman–Crippen MR) is 83.2 cm³/mol. The van der Waals surface area contributed by atoms with Crippen LogP contribution in [0.15, 0.2) is 35.1 Å². The average Bonchev–Trinajstić information content (AvgIpc) is 2.48. The normalized spacial score (nSPS) is 12.2. The third-order valence-corrected chi connectivity index (χ3v) is 4.23. The summed E-state index contributed by atoms with van der Waals surface area (Å²) in [5, 5.41) is 3.99. The third-order valence-electron chi connectivity index (χ3n) is 3.02. The van der Waals surface area contributed by atoms with Gasteiger partial charge in [0.2, 0.25) is 5.88 Å². The van der Waals surface area contributed by atoms with Crippen LogP contribution in [0.3, 0.4) is 0 Å². The number of aromatic nitrogens is 2. The van der Waals surface area contributed by atoms with E-state index in [1.54, 1.807) is 7.11 Å². The summed E-state index contributed by atoms with van der Waals surface area (Å²) in [6.07, 6.45) is 2.25. The van der Waals surface area contributed by atoms with Crippen molar-refractivity contribution < 1.29 is 4.74 Å². The Hall–Kier alpha value is -1.17. The van der Waals surface area contributed by atoms with Gasteiger partial charge in [-0.25, -0.2) is 9.97 Å². The van der Waals surface area contributed by atoms with Crippen molar-refractivity contribution in [3.63, 3.8) is 0 Å². The standard InChI is InChI=1S/C14H15BrClN3O/c1-17-13(9-3-4-12(16)11(15)5-9)6-10-7-14(20-2)19-8-18-10/h3-5,7-8,13,17H,6H2,1-2H3. The quantitative estimate of drug-likeness (QED) is 0.892. The van der Waals surface area contributed by atoms with E-state index < -0.39 is 0 Å². The summed E-state index contributed by atoms with van der Waals surface area (Å²) in [5.74, 6) is 0.571. The lowest BCUT2D eigenvalue weighted by molar-refractivity contribution is 0.395. The first-order valence-corrected chi connectivity index (χ1v) is 7.28. The molecule has 1 aromatic carbocycles. The van der Waals surface area contributed by atoms with Crippen LogP contribution in [0.2, 0.25) is 5.02 Å². The van der Waals surface area contributed by atoms with Crippen LogP contribution in [0.1, 0.15) is 17.3 Å². The molecule has 1 N–H and O–H groups in total.